The zero-order valence-corrected chi connectivity index (χ0v) is 19.9. The van der Waals surface area contributed by atoms with Crippen molar-refractivity contribution >= 4 is 15.9 Å². The van der Waals surface area contributed by atoms with Gasteiger partial charge in [0.1, 0.15) is 5.75 Å². The molecule has 0 aliphatic carbocycles. The molecule has 4 nitrogen and oxygen atoms in total. The summed E-state index contributed by atoms with van der Waals surface area (Å²) in [5, 5.41) is 1.12. The minimum atomic E-state index is 0.0972. The topological polar surface area (TPSA) is 36.9 Å². The van der Waals surface area contributed by atoms with Crippen molar-refractivity contribution in [2.24, 2.45) is 5.41 Å². The van der Waals surface area contributed by atoms with Gasteiger partial charge < -0.3 is 18.9 Å². The molecule has 0 aromatic heterocycles. The Hall–Kier alpha value is -0.620. The number of benzene rings is 1. The Balaban J connectivity index is 0.000000208. The first kappa shape index (κ1) is 24.6. The van der Waals surface area contributed by atoms with E-state index in [1.165, 1.54) is 44.1 Å². The monoisotopic (exact) mass is 470 g/mol. The summed E-state index contributed by atoms with van der Waals surface area (Å²) < 4.78 is 22.1. The molecule has 1 unspecified atom stereocenters. The molecule has 2 saturated heterocycles. The molecule has 0 spiro atoms. The van der Waals surface area contributed by atoms with Gasteiger partial charge in [-0.05, 0) is 57.6 Å². The second kappa shape index (κ2) is 14.4. The van der Waals surface area contributed by atoms with Crippen LogP contribution in [-0.4, -0.2) is 44.7 Å². The highest BCUT2D eigenvalue weighted by Crippen LogP contribution is 2.31. The molecule has 0 saturated carbocycles. The van der Waals surface area contributed by atoms with Crippen LogP contribution in [-0.2, 0) is 14.2 Å². The highest BCUT2D eigenvalue weighted by Gasteiger charge is 2.37. The molecule has 0 bridgehead atoms. The van der Waals surface area contributed by atoms with E-state index in [9.17, 15) is 0 Å². The van der Waals surface area contributed by atoms with Gasteiger partial charge in [-0.15, -0.1) is 0 Å². The van der Waals surface area contributed by atoms with Crippen LogP contribution in [0.2, 0.25) is 0 Å². The fourth-order valence-corrected chi connectivity index (χ4v) is 3.66. The van der Waals surface area contributed by atoms with Crippen LogP contribution in [0.15, 0.2) is 24.3 Å². The lowest BCUT2D eigenvalue weighted by atomic mass is 9.84. The van der Waals surface area contributed by atoms with Crippen molar-refractivity contribution in [3.8, 4) is 5.75 Å². The molecule has 166 valence electrons. The van der Waals surface area contributed by atoms with E-state index in [0.717, 1.165) is 57.0 Å². The second-order valence-electron chi connectivity index (χ2n) is 8.22. The molecular formula is C24H39BrO4. The number of aryl methyl sites for hydroxylation is 1. The molecule has 2 aliphatic rings. The third-order valence-corrected chi connectivity index (χ3v) is 6.16. The van der Waals surface area contributed by atoms with E-state index in [1.54, 1.807) is 0 Å². The van der Waals surface area contributed by atoms with Gasteiger partial charge >= 0.3 is 0 Å². The predicted octanol–water partition coefficient (Wildman–Crippen LogP) is 6.29. The van der Waals surface area contributed by atoms with E-state index >= 15 is 0 Å². The lowest BCUT2D eigenvalue weighted by molar-refractivity contribution is -0.162. The van der Waals surface area contributed by atoms with Crippen molar-refractivity contribution in [3.63, 3.8) is 0 Å². The number of ether oxygens (including phenoxy) is 4. The van der Waals surface area contributed by atoms with Crippen LogP contribution in [0.25, 0.3) is 0 Å². The average molecular weight is 471 g/mol. The van der Waals surface area contributed by atoms with Gasteiger partial charge in [0.15, 0.2) is 6.29 Å². The molecule has 29 heavy (non-hydrogen) atoms. The Morgan fingerprint density at radius 3 is 2.41 bits per heavy atom. The fraction of sp³-hybridized carbons (Fsp3) is 0.750. The Morgan fingerprint density at radius 1 is 1.07 bits per heavy atom. The van der Waals surface area contributed by atoms with Crippen molar-refractivity contribution in [2.75, 3.05) is 38.4 Å². The van der Waals surface area contributed by atoms with Crippen LogP contribution in [0.4, 0.5) is 0 Å². The number of hydrogen-bond acceptors (Lipinski definition) is 4. The van der Waals surface area contributed by atoms with Gasteiger partial charge in [0, 0.05) is 18.5 Å². The fourth-order valence-electron chi connectivity index (χ4n) is 3.26. The molecule has 0 N–H and O–H groups in total. The smallest absolute Gasteiger partial charge is 0.157 e. The normalized spacial score (nSPS) is 20.3. The Labute approximate surface area is 185 Å². The largest absolute Gasteiger partial charge is 0.493 e. The summed E-state index contributed by atoms with van der Waals surface area (Å²) in [6.45, 7) is 8.48. The van der Waals surface area contributed by atoms with E-state index in [2.05, 4.69) is 41.9 Å². The molecule has 2 aliphatic heterocycles. The van der Waals surface area contributed by atoms with Gasteiger partial charge in [0.05, 0.1) is 25.2 Å². The number of hydrogen-bond donors (Lipinski definition) is 0. The molecule has 0 amide bonds. The van der Waals surface area contributed by atoms with Crippen LogP contribution in [0.3, 0.4) is 0 Å². The number of rotatable bonds is 11. The maximum atomic E-state index is 5.78. The van der Waals surface area contributed by atoms with Gasteiger partial charge in [-0.1, -0.05) is 53.4 Å². The van der Waals surface area contributed by atoms with Crippen molar-refractivity contribution in [3.05, 3.63) is 29.8 Å². The first-order chi connectivity index (χ1) is 14.2. The lowest BCUT2D eigenvalue weighted by Gasteiger charge is -2.40. The molecule has 2 heterocycles. The van der Waals surface area contributed by atoms with E-state index in [-0.39, 0.29) is 11.7 Å². The second-order valence-corrected chi connectivity index (χ2v) is 9.01. The van der Waals surface area contributed by atoms with Crippen molar-refractivity contribution < 1.29 is 18.9 Å². The average Bonchev–Trinajstić information content (AvgIpc) is 2.73. The number of unbranched alkanes of at least 4 members (excludes halogenated alkanes) is 3. The summed E-state index contributed by atoms with van der Waals surface area (Å²) in [4.78, 5) is 0. The highest BCUT2D eigenvalue weighted by molar-refractivity contribution is 9.09. The summed E-state index contributed by atoms with van der Waals surface area (Å²) in [6, 6.07) is 8.20. The molecule has 3 rings (SSSR count). The molecule has 1 aromatic rings. The first-order valence-electron chi connectivity index (χ1n) is 11.2. The Morgan fingerprint density at radius 2 is 1.83 bits per heavy atom. The summed E-state index contributed by atoms with van der Waals surface area (Å²) in [5.41, 5.74) is 1.53. The van der Waals surface area contributed by atoms with Crippen LogP contribution in [0, 0.1) is 12.3 Å². The number of halogens is 1. The van der Waals surface area contributed by atoms with E-state index in [0.29, 0.717) is 0 Å². The SMILES string of the molecule is BrCCCCCCOC1CCCCO1.CCC1(COc2ccc(C)cc2)COC1. The van der Waals surface area contributed by atoms with Crippen molar-refractivity contribution in [1.29, 1.82) is 0 Å². The van der Waals surface area contributed by atoms with E-state index in [1.807, 2.05) is 12.1 Å². The summed E-state index contributed by atoms with van der Waals surface area (Å²) >= 11 is 3.43. The van der Waals surface area contributed by atoms with Gasteiger partial charge in [-0.3, -0.25) is 0 Å². The van der Waals surface area contributed by atoms with E-state index in [4.69, 9.17) is 18.9 Å². The molecule has 2 fully saturated rings. The van der Waals surface area contributed by atoms with Gasteiger partial charge in [0.2, 0.25) is 0 Å². The van der Waals surface area contributed by atoms with E-state index < -0.39 is 0 Å². The molecule has 0 radical (unpaired) electrons. The Bertz CT molecular complexity index is 519. The lowest BCUT2D eigenvalue weighted by Crippen LogP contribution is -2.46. The third-order valence-electron chi connectivity index (χ3n) is 5.60. The zero-order chi connectivity index (χ0) is 20.8. The summed E-state index contributed by atoms with van der Waals surface area (Å²) in [5.74, 6) is 0.959. The first-order valence-corrected chi connectivity index (χ1v) is 12.4. The summed E-state index contributed by atoms with van der Waals surface area (Å²) in [6.07, 6.45) is 9.80. The standard InChI is InChI=1S/C13H18O2.C11H21BrO2/c1-3-13(8-14-9-13)10-15-12-6-4-11(2)5-7-12;12-8-4-1-2-5-9-13-11-7-3-6-10-14-11/h4-7H,3,8-10H2,1-2H3;11H,1-10H2. The van der Waals surface area contributed by atoms with Gasteiger partial charge in [0.25, 0.3) is 0 Å². The quantitative estimate of drug-likeness (QED) is 0.281. The maximum absolute atomic E-state index is 5.78. The minimum Gasteiger partial charge on any atom is -0.493 e. The molecule has 5 heteroatoms. The Kier molecular flexibility index (Phi) is 12.2. The van der Waals surface area contributed by atoms with Crippen LogP contribution < -0.4 is 4.74 Å². The van der Waals surface area contributed by atoms with Gasteiger partial charge in [-0.25, -0.2) is 0 Å². The highest BCUT2D eigenvalue weighted by atomic mass is 79.9. The van der Waals surface area contributed by atoms with Crippen LogP contribution in [0.5, 0.6) is 5.75 Å². The molecule has 1 atom stereocenters. The van der Waals surface area contributed by atoms with Crippen molar-refractivity contribution in [2.45, 2.75) is 71.5 Å². The third kappa shape index (κ3) is 9.82. The van der Waals surface area contributed by atoms with Gasteiger partial charge in [-0.2, -0.15) is 0 Å². The van der Waals surface area contributed by atoms with Crippen LogP contribution >= 0.6 is 15.9 Å². The zero-order valence-electron chi connectivity index (χ0n) is 18.3. The number of alkyl halides is 1. The molecule has 1 aromatic carbocycles. The minimum absolute atomic E-state index is 0.0972. The van der Waals surface area contributed by atoms with Crippen molar-refractivity contribution in [1.82, 2.24) is 0 Å². The molecular weight excluding hydrogens is 432 g/mol. The summed E-state index contributed by atoms with van der Waals surface area (Å²) in [7, 11) is 0. The maximum Gasteiger partial charge on any atom is 0.157 e. The van der Waals surface area contributed by atoms with Crippen LogP contribution in [0.1, 0.15) is 63.9 Å². The predicted molar refractivity (Wildman–Crippen MR) is 122 cm³/mol.